The second-order valence-corrected chi connectivity index (χ2v) is 5.99. The molecule has 2 aromatic carbocycles. The molecule has 0 radical (unpaired) electrons. The van der Waals surface area contributed by atoms with E-state index in [0.717, 1.165) is 10.9 Å². The number of halogens is 2. The second-order valence-electron chi connectivity index (χ2n) is 5.12. The second kappa shape index (κ2) is 7.16. The van der Waals surface area contributed by atoms with Crippen LogP contribution in [0.25, 0.3) is 11.0 Å². The number of fused-ring (bicyclic) bond motifs is 1. The van der Waals surface area contributed by atoms with Crippen molar-refractivity contribution in [2.45, 2.75) is 13.3 Å². The Bertz CT molecular complexity index is 866. The van der Waals surface area contributed by atoms with Crippen LogP contribution in [0.15, 0.2) is 47.1 Å². The number of hydrogen-bond acceptors (Lipinski definition) is 4. The Balaban J connectivity index is 1.96. The van der Waals surface area contributed by atoms with Crippen LogP contribution >= 0.6 is 23.2 Å². The lowest BCUT2D eigenvalue weighted by atomic mass is 10.1. The molecule has 4 nitrogen and oxygen atoms in total. The highest BCUT2D eigenvalue weighted by molar-refractivity contribution is 6.34. The normalized spacial score (nSPS) is 10.8. The average Bonchev–Trinajstić information content (AvgIpc) is 2.95. The van der Waals surface area contributed by atoms with Crippen molar-refractivity contribution in [1.82, 2.24) is 0 Å². The Hall–Kier alpha value is -2.17. The molecule has 0 saturated carbocycles. The third-order valence-electron chi connectivity index (χ3n) is 3.29. The van der Waals surface area contributed by atoms with Gasteiger partial charge in [-0.3, -0.25) is 4.79 Å². The van der Waals surface area contributed by atoms with Gasteiger partial charge < -0.3 is 13.9 Å². The fourth-order valence-electron chi connectivity index (χ4n) is 2.38. The zero-order chi connectivity index (χ0) is 17.1. The number of esters is 1. The van der Waals surface area contributed by atoms with E-state index >= 15 is 0 Å². The van der Waals surface area contributed by atoms with Crippen molar-refractivity contribution in [3.63, 3.8) is 0 Å². The molecule has 1 aromatic heterocycles. The zero-order valence-corrected chi connectivity index (χ0v) is 14.4. The highest BCUT2D eigenvalue weighted by Crippen LogP contribution is 2.34. The molecule has 0 atom stereocenters. The van der Waals surface area contributed by atoms with Gasteiger partial charge in [0.1, 0.15) is 5.75 Å². The minimum Gasteiger partial charge on any atom is -0.466 e. The van der Waals surface area contributed by atoms with Crippen molar-refractivity contribution in [2.24, 2.45) is 0 Å². The monoisotopic (exact) mass is 364 g/mol. The van der Waals surface area contributed by atoms with Gasteiger partial charge in [-0.15, -0.1) is 0 Å². The molecule has 0 N–H and O–H groups in total. The minimum absolute atomic E-state index is 0.154. The molecule has 3 aromatic rings. The van der Waals surface area contributed by atoms with Crippen LogP contribution in [0, 0.1) is 0 Å². The summed E-state index contributed by atoms with van der Waals surface area (Å²) in [7, 11) is 0. The van der Waals surface area contributed by atoms with E-state index in [2.05, 4.69) is 0 Å². The lowest BCUT2D eigenvalue weighted by Crippen LogP contribution is -2.07. The summed E-state index contributed by atoms with van der Waals surface area (Å²) >= 11 is 12.0. The maximum Gasteiger partial charge on any atom is 0.310 e. The molecule has 0 unspecified atom stereocenters. The Morgan fingerprint density at radius 3 is 2.58 bits per heavy atom. The molecule has 0 bridgehead atoms. The first-order chi connectivity index (χ1) is 11.5. The Morgan fingerprint density at radius 1 is 1.12 bits per heavy atom. The van der Waals surface area contributed by atoms with Crippen molar-refractivity contribution in [3.05, 3.63) is 58.3 Å². The molecule has 0 spiro atoms. The molecule has 24 heavy (non-hydrogen) atoms. The molecular weight excluding hydrogens is 351 g/mol. The van der Waals surface area contributed by atoms with Gasteiger partial charge in [0.2, 0.25) is 0 Å². The van der Waals surface area contributed by atoms with Gasteiger partial charge in [0.05, 0.1) is 19.3 Å². The quantitative estimate of drug-likeness (QED) is 0.549. The van der Waals surface area contributed by atoms with E-state index in [1.165, 1.54) is 0 Å². The summed E-state index contributed by atoms with van der Waals surface area (Å²) in [5.41, 5.74) is 1.35. The first-order valence-corrected chi connectivity index (χ1v) is 8.10. The first-order valence-electron chi connectivity index (χ1n) is 7.35. The van der Waals surface area contributed by atoms with Crippen LogP contribution in [0.1, 0.15) is 12.5 Å². The summed E-state index contributed by atoms with van der Waals surface area (Å²) in [4.78, 5) is 11.7. The molecule has 0 fully saturated rings. The topological polar surface area (TPSA) is 48.7 Å². The van der Waals surface area contributed by atoms with E-state index in [1.807, 2.05) is 12.1 Å². The highest BCUT2D eigenvalue weighted by atomic mass is 35.5. The highest BCUT2D eigenvalue weighted by Gasteiger charge is 2.13. The van der Waals surface area contributed by atoms with E-state index in [4.69, 9.17) is 37.1 Å². The third kappa shape index (κ3) is 3.83. The molecule has 1 heterocycles. The van der Waals surface area contributed by atoms with Gasteiger partial charge >= 0.3 is 5.97 Å². The molecule has 124 valence electrons. The molecule has 0 saturated heterocycles. The third-order valence-corrected chi connectivity index (χ3v) is 3.73. The SMILES string of the molecule is CCOC(=O)Cc1cc(Oc2cc(Cl)cc(Cl)c2)c2occc2c1. The largest absolute Gasteiger partial charge is 0.466 e. The lowest BCUT2D eigenvalue weighted by molar-refractivity contribution is -0.142. The van der Waals surface area contributed by atoms with Gasteiger partial charge in [-0.1, -0.05) is 23.2 Å². The Kier molecular flexibility index (Phi) is 4.97. The minimum atomic E-state index is -0.294. The summed E-state index contributed by atoms with van der Waals surface area (Å²) in [6, 6.07) is 10.4. The van der Waals surface area contributed by atoms with Crippen LogP contribution in [-0.4, -0.2) is 12.6 Å². The number of benzene rings is 2. The summed E-state index contributed by atoms with van der Waals surface area (Å²) in [5.74, 6) is 0.672. The van der Waals surface area contributed by atoms with Crippen LogP contribution in [0.5, 0.6) is 11.5 Å². The fraction of sp³-hybridized carbons (Fsp3) is 0.167. The van der Waals surface area contributed by atoms with Crippen LogP contribution < -0.4 is 4.74 Å². The summed E-state index contributed by atoms with van der Waals surface area (Å²) in [5, 5.41) is 1.77. The fourth-order valence-corrected chi connectivity index (χ4v) is 2.89. The van der Waals surface area contributed by atoms with Crippen molar-refractivity contribution >= 4 is 40.1 Å². The number of carbonyl (C=O) groups excluding carboxylic acids is 1. The number of ether oxygens (including phenoxy) is 2. The van der Waals surface area contributed by atoms with Gasteiger partial charge in [-0.25, -0.2) is 0 Å². The molecular formula is C18H14Cl2O4. The van der Waals surface area contributed by atoms with E-state index in [1.54, 1.807) is 37.5 Å². The van der Waals surface area contributed by atoms with Crippen molar-refractivity contribution in [2.75, 3.05) is 6.61 Å². The predicted molar refractivity (Wildman–Crippen MR) is 93.1 cm³/mol. The molecule has 3 rings (SSSR count). The molecule has 0 aliphatic rings. The summed E-state index contributed by atoms with van der Waals surface area (Å²) in [6.45, 7) is 2.12. The smallest absolute Gasteiger partial charge is 0.310 e. The van der Waals surface area contributed by atoms with Crippen molar-refractivity contribution in [1.29, 1.82) is 0 Å². The van der Waals surface area contributed by atoms with Crippen molar-refractivity contribution in [3.8, 4) is 11.5 Å². The molecule has 0 aliphatic carbocycles. The van der Waals surface area contributed by atoms with E-state index in [9.17, 15) is 4.79 Å². The molecule has 6 heteroatoms. The van der Waals surface area contributed by atoms with Crippen LogP contribution in [0.4, 0.5) is 0 Å². The van der Waals surface area contributed by atoms with E-state index in [-0.39, 0.29) is 12.4 Å². The average molecular weight is 365 g/mol. The Labute approximate surface area is 148 Å². The molecule has 0 aliphatic heterocycles. The first kappa shape index (κ1) is 16.7. The van der Waals surface area contributed by atoms with Gasteiger partial charge in [0.15, 0.2) is 11.3 Å². The predicted octanol–water partition coefficient (Wildman–Crippen LogP) is 5.64. The van der Waals surface area contributed by atoms with Gasteiger partial charge in [-0.05, 0) is 48.9 Å². The van der Waals surface area contributed by atoms with Gasteiger partial charge in [0, 0.05) is 15.4 Å². The Morgan fingerprint density at radius 2 is 1.88 bits per heavy atom. The van der Waals surface area contributed by atoms with Crippen molar-refractivity contribution < 1.29 is 18.7 Å². The van der Waals surface area contributed by atoms with Crippen LogP contribution in [-0.2, 0) is 16.0 Å². The van der Waals surface area contributed by atoms with Gasteiger partial charge in [-0.2, -0.15) is 0 Å². The number of hydrogen-bond donors (Lipinski definition) is 0. The van der Waals surface area contributed by atoms with Crippen LogP contribution in [0.2, 0.25) is 10.0 Å². The maximum absolute atomic E-state index is 11.7. The lowest BCUT2D eigenvalue weighted by Gasteiger charge is -2.09. The summed E-state index contributed by atoms with van der Waals surface area (Å²) in [6.07, 6.45) is 1.72. The number of carbonyl (C=O) groups is 1. The maximum atomic E-state index is 11.7. The number of furan rings is 1. The molecule has 0 amide bonds. The summed E-state index contributed by atoms with van der Waals surface area (Å²) < 4.78 is 16.4. The van der Waals surface area contributed by atoms with Gasteiger partial charge in [0.25, 0.3) is 0 Å². The van der Waals surface area contributed by atoms with Crippen LogP contribution in [0.3, 0.4) is 0 Å². The van der Waals surface area contributed by atoms with E-state index < -0.39 is 0 Å². The number of rotatable bonds is 5. The van der Waals surface area contributed by atoms with E-state index in [0.29, 0.717) is 33.7 Å². The standard InChI is InChI=1S/C18H14Cl2O4/c1-2-22-17(21)7-11-5-12-3-4-23-18(12)16(6-11)24-15-9-13(19)8-14(20)10-15/h3-6,8-10H,2,7H2,1H3. The zero-order valence-electron chi connectivity index (χ0n) is 12.8.